The van der Waals surface area contributed by atoms with Gasteiger partial charge in [-0.25, -0.2) is 9.97 Å². The highest BCUT2D eigenvalue weighted by atomic mass is 32.1. The molecule has 8 aromatic rings. The fourth-order valence-corrected chi connectivity index (χ4v) is 20.5. The number of hydrogen-bond acceptors (Lipinski definition) is 7. The lowest BCUT2D eigenvalue weighted by Crippen LogP contribution is -2.31. The second-order valence-corrected chi connectivity index (χ2v) is 27.7. The zero-order valence-electron chi connectivity index (χ0n) is 45.3. The molecule has 384 valence electrons. The Morgan fingerprint density at radius 2 is 0.808 bits per heavy atom. The van der Waals surface area contributed by atoms with Crippen LogP contribution in [0.5, 0.6) is 0 Å². The zero-order chi connectivity index (χ0) is 50.4. The van der Waals surface area contributed by atoms with Crippen molar-refractivity contribution < 1.29 is 0 Å². The molecule has 73 heavy (non-hydrogen) atoms. The average molecular weight is 1060 g/mol. The summed E-state index contributed by atoms with van der Waals surface area (Å²) in [5.74, 6) is 2.86. The third kappa shape index (κ3) is 8.91. The van der Waals surface area contributed by atoms with Crippen LogP contribution in [0.4, 0.5) is 0 Å². The number of hydrogen-bond donors (Lipinski definition) is 0. The number of nitrogens with zero attached hydrogens (tertiary/aromatic N) is 2. The van der Waals surface area contributed by atoms with Gasteiger partial charge in [-0.3, -0.25) is 0 Å². The minimum Gasteiger partial charge on any atom is -0.242 e. The molecule has 0 fully saturated rings. The molecule has 3 aliphatic carbocycles. The predicted octanol–water partition coefficient (Wildman–Crippen LogP) is 23.0. The summed E-state index contributed by atoms with van der Waals surface area (Å²) in [4.78, 5) is 23.4. The molecule has 0 aliphatic heterocycles. The van der Waals surface area contributed by atoms with E-state index in [9.17, 15) is 0 Å². The van der Waals surface area contributed by atoms with Gasteiger partial charge >= 0.3 is 0 Å². The molecule has 3 aliphatic rings. The lowest BCUT2D eigenvalue weighted by Gasteiger charge is -2.37. The van der Waals surface area contributed by atoms with Crippen molar-refractivity contribution in [1.82, 2.24) is 9.97 Å². The third-order valence-corrected chi connectivity index (χ3v) is 24.3. The van der Waals surface area contributed by atoms with Crippen molar-refractivity contribution >= 4 is 78.5 Å². The van der Waals surface area contributed by atoms with Crippen molar-refractivity contribution in [3.05, 3.63) is 93.7 Å². The smallest absolute Gasteiger partial charge is 0.110 e. The first kappa shape index (κ1) is 51.6. The molecule has 4 atom stereocenters. The Bertz CT molecular complexity index is 2960. The van der Waals surface area contributed by atoms with Gasteiger partial charge in [0.25, 0.3) is 0 Å². The van der Waals surface area contributed by atoms with Crippen LogP contribution < -0.4 is 0 Å². The SMILES string of the molecule is CCCCC(CC)CC1(CC(CC)CCCC)c2ccsc2-c2sc(-c3sc(-c4cc5c(s4)-c4sccc4C5(CC(CC)CCCC)CC(CC)CCCC)c4nc5c(nc34)-c3cccc4cccc-5c34)cc21. The Hall–Kier alpha value is -3.46. The van der Waals surface area contributed by atoms with Gasteiger partial charge in [0, 0.05) is 56.6 Å². The summed E-state index contributed by atoms with van der Waals surface area (Å²) in [7, 11) is 0. The minimum absolute atomic E-state index is 0.0413. The van der Waals surface area contributed by atoms with Crippen LogP contribution in [-0.4, -0.2) is 9.97 Å². The maximum atomic E-state index is 5.90. The fourth-order valence-electron chi connectivity index (χ4n) is 14.3. The van der Waals surface area contributed by atoms with Crippen molar-refractivity contribution in [2.75, 3.05) is 0 Å². The molecule has 0 spiro atoms. The highest BCUT2D eigenvalue weighted by Crippen LogP contribution is 2.65. The lowest BCUT2D eigenvalue weighted by molar-refractivity contribution is 0.266. The van der Waals surface area contributed by atoms with Gasteiger partial charge in [-0.15, -0.1) is 56.7 Å². The van der Waals surface area contributed by atoms with Crippen molar-refractivity contribution in [1.29, 1.82) is 0 Å². The van der Waals surface area contributed by atoms with Crippen LogP contribution in [0, 0.1) is 23.7 Å². The highest BCUT2D eigenvalue weighted by molar-refractivity contribution is 7.30. The maximum Gasteiger partial charge on any atom is 0.110 e. The van der Waals surface area contributed by atoms with Crippen LogP contribution >= 0.6 is 56.7 Å². The van der Waals surface area contributed by atoms with E-state index in [2.05, 4.69) is 149 Å². The minimum atomic E-state index is 0.0413. The van der Waals surface area contributed by atoms with Gasteiger partial charge in [0.15, 0.2) is 0 Å². The molecule has 2 aromatic carbocycles. The normalized spacial score (nSPS) is 18.8. The summed E-state index contributed by atoms with van der Waals surface area (Å²) < 4.78 is 0. The fraction of sp³-hybridized carbons (Fsp3) is 0.515. The van der Waals surface area contributed by atoms with Gasteiger partial charge in [0.05, 0.1) is 21.1 Å². The first-order valence-electron chi connectivity index (χ1n) is 29.1. The van der Waals surface area contributed by atoms with E-state index in [1.807, 2.05) is 34.0 Å². The van der Waals surface area contributed by atoms with E-state index in [0.29, 0.717) is 23.7 Å². The number of thiophene rings is 5. The van der Waals surface area contributed by atoms with Crippen LogP contribution in [-0.2, 0) is 10.8 Å². The summed E-state index contributed by atoms with van der Waals surface area (Å²) in [6.07, 6.45) is 25.7. The molecular formula is C66H80N2S5. The monoisotopic (exact) mass is 1060 g/mol. The second kappa shape index (κ2) is 21.9. The van der Waals surface area contributed by atoms with Crippen molar-refractivity contribution in [3.8, 4) is 61.5 Å². The molecule has 0 N–H and O–H groups in total. The Labute approximate surface area is 458 Å². The summed E-state index contributed by atoms with van der Waals surface area (Å²) in [6, 6.07) is 24.1. The average Bonchev–Trinajstić information content (AvgIpc) is 4.30. The zero-order valence-corrected chi connectivity index (χ0v) is 49.4. The molecule has 6 aromatic heterocycles. The number of unbranched alkanes of at least 4 members (excludes halogenated alkanes) is 4. The second-order valence-electron chi connectivity index (χ2n) is 22.8. The van der Waals surface area contributed by atoms with Gasteiger partial charge in [-0.05, 0) is 112 Å². The predicted molar refractivity (Wildman–Crippen MR) is 326 cm³/mol. The molecule has 11 rings (SSSR count). The Balaban J connectivity index is 1.12. The molecule has 6 heterocycles. The topological polar surface area (TPSA) is 25.8 Å². The third-order valence-electron chi connectivity index (χ3n) is 18.4. The molecule has 7 heteroatoms. The Morgan fingerprint density at radius 1 is 0.425 bits per heavy atom. The van der Waals surface area contributed by atoms with Crippen molar-refractivity contribution in [2.45, 2.75) is 195 Å². The summed E-state index contributed by atoms with van der Waals surface area (Å²) in [5, 5.41) is 7.41. The number of benzene rings is 2. The van der Waals surface area contributed by atoms with E-state index in [4.69, 9.17) is 9.97 Å². The molecule has 0 amide bonds. The molecule has 4 unspecified atom stereocenters. The molecule has 2 nitrogen and oxygen atoms in total. The molecule has 0 radical (unpaired) electrons. The van der Waals surface area contributed by atoms with Crippen molar-refractivity contribution in [3.63, 3.8) is 0 Å². The Kier molecular flexibility index (Phi) is 15.5. The number of fused-ring (bicyclic) bond motifs is 10. The first-order valence-corrected chi connectivity index (χ1v) is 33.3. The van der Waals surface area contributed by atoms with Gasteiger partial charge in [0.2, 0.25) is 0 Å². The van der Waals surface area contributed by atoms with Gasteiger partial charge in [-0.2, -0.15) is 0 Å². The van der Waals surface area contributed by atoms with Crippen LogP contribution in [0.15, 0.2) is 71.4 Å². The highest BCUT2D eigenvalue weighted by Gasteiger charge is 2.49. The molecule has 0 bridgehead atoms. The molecule has 0 saturated heterocycles. The lowest BCUT2D eigenvalue weighted by atomic mass is 9.66. The van der Waals surface area contributed by atoms with Crippen molar-refractivity contribution in [2.24, 2.45) is 23.7 Å². The quantitative estimate of drug-likeness (QED) is 0.0540. The van der Waals surface area contributed by atoms with Crippen LogP contribution in [0.2, 0.25) is 0 Å². The largest absolute Gasteiger partial charge is 0.242 e. The van der Waals surface area contributed by atoms with Crippen LogP contribution in [0.3, 0.4) is 0 Å². The summed E-state index contributed by atoms with van der Waals surface area (Å²) >= 11 is 10.2. The van der Waals surface area contributed by atoms with E-state index >= 15 is 0 Å². The van der Waals surface area contributed by atoms with E-state index in [0.717, 1.165) is 22.4 Å². The molecular weight excluding hydrogens is 981 g/mol. The van der Waals surface area contributed by atoms with E-state index in [1.54, 1.807) is 32.0 Å². The molecule has 0 saturated carbocycles. The van der Waals surface area contributed by atoms with Crippen LogP contribution in [0.1, 0.15) is 206 Å². The first-order chi connectivity index (χ1) is 35.8. The van der Waals surface area contributed by atoms with Gasteiger partial charge in [0.1, 0.15) is 11.0 Å². The Morgan fingerprint density at radius 3 is 1.16 bits per heavy atom. The maximum absolute atomic E-state index is 5.90. The van der Waals surface area contributed by atoms with E-state index in [1.165, 1.54) is 180 Å². The number of aromatic nitrogens is 2. The van der Waals surface area contributed by atoms with Gasteiger partial charge < -0.3 is 0 Å². The summed E-state index contributed by atoms with van der Waals surface area (Å²) in [6.45, 7) is 19.4. The van der Waals surface area contributed by atoms with E-state index < -0.39 is 0 Å². The standard InChI is InChI=1S/C66H80N2S5/c1-9-17-23-41(13-5)37-65(38-42(14-6)24-18-10-2)48-31-33-69-59(48)61-50(65)35-52(71-61)63-57-58(68-56-47-30-22-28-45-27-21-29-46(54(45)47)55(56)67-57)64(73-63)53-36-51-62(72-53)60-49(32-34-70-60)66(51,39-43(15-7)25-19-11-3)40-44(16-8)26-20-12-4/h21-22,27-36,41-44H,9-20,23-26,37-40H2,1-8H3. The van der Waals surface area contributed by atoms with E-state index in [-0.39, 0.29) is 10.8 Å². The van der Waals surface area contributed by atoms with Crippen LogP contribution in [0.25, 0.3) is 83.3 Å². The van der Waals surface area contributed by atoms with Gasteiger partial charge in [-0.1, -0.05) is 195 Å². The summed E-state index contributed by atoms with van der Waals surface area (Å²) in [5.41, 5.74) is 13.4. The number of rotatable bonds is 26.